The van der Waals surface area contributed by atoms with Gasteiger partial charge in [-0.15, -0.1) is 10.2 Å². The Morgan fingerprint density at radius 3 is 2.41 bits per heavy atom. The van der Waals surface area contributed by atoms with Crippen molar-refractivity contribution in [3.05, 3.63) is 58.6 Å². The van der Waals surface area contributed by atoms with E-state index in [1.165, 1.54) is 15.6 Å². The number of amides is 1. The van der Waals surface area contributed by atoms with E-state index in [0.29, 0.717) is 16.6 Å². The first-order valence-corrected chi connectivity index (χ1v) is 12.4. The number of methoxy groups -OCH3 is 1. The first kappa shape index (κ1) is 23.7. The average molecular weight is 475 g/mol. The predicted molar refractivity (Wildman–Crippen MR) is 126 cm³/mol. The molecule has 0 aliphatic carbocycles. The number of benzene rings is 2. The van der Waals surface area contributed by atoms with Crippen molar-refractivity contribution in [2.45, 2.75) is 38.5 Å². The molecule has 8 nitrogen and oxygen atoms in total. The maximum atomic E-state index is 13.5. The topological polar surface area (TPSA) is 101 Å². The van der Waals surface area contributed by atoms with E-state index in [1.807, 2.05) is 20.8 Å². The minimum absolute atomic E-state index is 0.0349. The first-order chi connectivity index (χ1) is 15.2. The molecule has 170 valence electrons. The van der Waals surface area contributed by atoms with E-state index in [1.54, 1.807) is 49.6 Å². The lowest BCUT2D eigenvalue weighted by Crippen LogP contribution is -2.34. The zero-order chi connectivity index (χ0) is 23.3. The van der Waals surface area contributed by atoms with Gasteiger partial charge in [0, 0.05) is 13.0 Å². The third kappa shape index (κ3) is 5.43. The van der Waals surface area contributed by atoms with Crippen molar-refractivity contribution in [1.29, 1.82) is 0 Å². The highest BCUT2D eigenvalue weighted by Gasteiger charge is 2.26. The average Bonchev–Trinajstić information content (AvgIpc) is 3.23. The summed E-state index contributed by atoms with van der Waals surface area (Å²) in [5.41, 5.74) is 2.32. The van der Waals surface area contributed by atoms with Crippen molar-refractivity contribution in [2.75, 3.05) is 23.3 Å². The highest BCUT2D eigenvalue weighted by molar-refractivity contribution is 7.92. The molecule has 10 heteroatoms. The minimum atomic E-state index is -3.89. The summed E-state index contributed by atoms with van der Waals surface area (Å²) in [7, 11) is -2.35. The van der Waals surface area contributed by atoms with Crippen LogP contribution in [0.1, 0.15) is 29.5 Å². The second-order valence-electron chi connectivity index (χ2n) is 7.17. The molecule has 0 aliphatic heterocycles. The van der Waals surface area contributed by atoms with Gasteiger partial charge in [0.2, 0.25) is 11.0 Å². The molecule has 0 unspecified atom stereocenters. The Balaban J connectivity index is 1.86. The third-order valence-corrected chi connectivity index (χ3v) is 7.79. The van der Waals surface area contributed by atoms with Crippen LogP contribution < -0.4 is 14.4 Å². The number of aromatic nitrogens is 2. The van der Waals surface area contributed by atoms with Gasteiger partial charge in [-0.3, -0.25) is 9.10 Å². The molecule has 2 aromatic carbocycles. The lowest BCUT2D eigenvalue weighted by Gasteiger charge is -2.25. The summed E-state index contributed by atoms with van der Waals surface area (Å²) in [5, 5.41) is 11.8. The van der Waals surface area contributed by atoms with Crippen LogP contribution in [-0.2, 0) is 21.2 Å². The molecular weight excluding hydrogens is 448 g/mol. The molecule has 32 heavy (non-hydrogen) atoms. The summed E-state index contributed by atoms with van der Waals surface area (Å²) < 4.78 is 33.4. The van der Waals surface area contributed by atoms with E-state index < -0.39 is 10.0 Å². The van der Waals surface area contributed by atoms with Gasteiger partial charge in [0.05, 0.1) is 17.7 Å². The van der Waals surface area contributed by atoms with Crippen LogP contribution >= 0.6 is 11.3 Å². The van der Waals surface area contributed by atoms with E-state index in [-0.39, 0.29) is 23.8 Å². The molecule has 0 aliphatic rings. The summed E-state index contributed by atoms with van der Waals surface area (Å²) in [5.74, 6) is 0.274. The number of anilines is 2. The SMILES string of the molecule is CCc1nnc(NC(=O)CCN(c2ccc(OC)cc2)S(=O)(=O)c2ccc(C)c(C)c2)s1. The molecule has 0 bridgehead atoms. The molecule has 0 saturated heterocycles. The number of ether oxygens (including phenoxy) is 1. The maximum absolute atomic E-state index is 13.5. The number of carbonyl (C=O) groups is 1. The molecule has 1 heterocycles. The van der Waals surface area contributed by atoms with Gasteiger partial charge in [-0.2, -0.15) is 0 Å². The van der Waals surface area contributed by atoms with Crippen LogP contribution in [0.25, 0.3) is 0 Å². The van der Waals surface area contributed by atoms with Crippen molar-refractivity contribution in [1.82, 2.24) is 10.2 Å². The molecule has 3 aromatic rings. The summed E-state index contributed by atoms with van der Waals surface area (Å²) in [6.45, 7) is 5.71. The Hall–Kier alpha value is -2.98. The number of hydrogen-bond acceptors (Lipinski definition) is 7. The van der Waals surface area contributed by atoms with Crippen molar-refractivity contribution in [2.24, 2.45) is 0 Å². The number of aryl methyl sites for hydroxylation is 3. The molecule has 1 aromatic heterocycles. The normalized spacial score (nSPS) is 11.2. The quantitative estimate of drug-likeness (QED) is 0.504. The zero-order valence-electron chi connectivity index (χ0n) is 18.5. The van der Waals surface area contributed by atoms with E-state index in [0.717, 1.165) is 22.6 Å². The minimum Gasteiger partial charge on any atom is -0.497 e. The highest BCUT2D eigenvalue weighted by atomic mass is 32.2. The van der Waals surface area contributed by atoms with E-state index in [2.05, 4.69) is 15.5 Å². The molecule has 1 N–H and O–H groups in total. The van der Waals surface area contributed by atoms with Crippen LogP contribution in [0.15, 0.2) is 47.4 Å². The number of carbonyl (C=O) groups excluding carboxylic acids is 1. The van der Waals surface area contributed by atoms with Crippen LogP contribution in [0.3, 0.4) is 0 Å². The van der Waals surface area contributed by atoms with Gasteiger partial charge in [0.15, 0.2) is 0 Å². The summed E-state index contributed by atoms with van der Waals surface area (Å²) in [4.78, 5) is 12.7. The monoisotopic (exact) mass is 474 g/mol. The lowest BCUT2D eigenvalue weighted by molar-refractivity contribution is -0.116. The molecule has 3 rings (SSSR count). The van der Waals surface area contributed by atoms with E-state index in [9.17, 15) is 13.2 Å². The van der Waals surface area contributed by atoms with Gasteiger partial charge >= 0.3 is 0 Å². The Morgan fingerprint density at radius 2 is 1.81 bits per heavy atom. The van der Waals surface area contributed by atoms with Crippen molar-refractivity contribution in [3.63, 3.8) is 0 Å². The van der Waals surface area contributed by atoms with Crippen LogP contribution in [0.5, 0.6) is 5.75 Å². The summed E-state index contributed by atoms with van der Waals surface area (Å²) in [6, 6.07) is 11.7. The van der Waals surface area contributed by atoms with E-state index in [4.69, 9.17) is 4.74 Å². The van der Waals surface area contributed by atoms with Gasteiger partial charge < -0.3 is 10.1 Å². The number of rotatable bonds is 9. The predicted octanol–water partition coefficient (Wildman–Crippen LogP) is 3.95. The lowest BCUT2D eigenvalue weighted by atomic mass is 10.1. The standard InChI is InChI=1S/C22H26N4O4S2/c1-5-21-24-25-22(31-21)23-20(27)12-13-26(17-7-9-18(30-4)10-8-17)32(28,29)19-11-6-15(2)16(3)14-19/h6-11,14H,5,12-13H2,1-4H3,(H,23,25,27). The molecule has 0 atom stereocenters. The van der Waals surface area contributed by atoms with E-state index >= 15 is 0 Å². The first-order valence-electron chi connectivity index (χ1n) is 10.1. The number of nitrogens with one attached hydrogen (secondary N) is 1. The number of nitrogens with zero attached hydrogens (tertiary/aromatic N) is 3. The summed E-state index contributed by atoms with van der Waals surface area (Å²) >= 11 is 1.30. The van der Waals surface area contributed by atoms with Gasteiger partial charge in [-0.25, -0.2) is 8.42 Å². The van der Waals surface area contributed by atoms with Crippen LogP contribution in [0.2, 0.25) is 0 Å². The van der Waals surface area contributed by atoms with Crippen LogP contribution in [-0.4, -0.2) is 38.2 Å². The Morgan fingerprint density at radius 1 is 1.09 bits per heavy atom. The van der Waals surface area contributed by atoms with Gasteiger partial charge in [0.1, 0.15) is 10.8 Å². The number of hydrogen-bond donors (Lipinski definition) is 1. The second kappa shape index (κ2) is 10.1. The fraction of sp³-hybridized carbons (Fsp3) is 0.318. The van der Waals surface area contributed by atoms with Crippen molar-refractivity contribution in [3.8, 4) is 5.75 Å². The molecule has 0 spiro atoms. The molecule has 1 amide bonds. The summed E-state index contributed by atoms with van der Waals surface area (Å²) in [6.07, 6.45) is 0.685. The molecular formula is C22H26N4O4S2. The smallest absolute Gasteiger partial charge is 0.264 e. The molecule has 0 radical (unpaired) electrons. The third-order valence-electron chi connectivity index (χ3n) is 4.98. The fourth-order valence-corrected chi connectivity index (χ4v) is 5.22. The van der Waals surface area contributed by atoms with Crippen LogP contribution in [0, 0.1) is 13.8 Å². The van der Waals surface area contributed by atoms with Gasteiger partial charge in [0.25, 0.3) is 10.0 Å². The van der Waals surface area contributed by atoms with Crippen molar-refractivity contribution >= 4 is 38.1 Å². The van der Waals surface area contributed by atoms with Gasteiger partial charge in [-0.1, -0.05) is 24.3 Å². The second-order valence-corrected chi connectivity index (χ2v) is 10.1. The maximum Gasteiger partial charge on any atom is 0.264 e. The number of sulfonamides is 1. The Kier molecular flexibility index (Phi) is 7.47. The highest BCUT2D eigenvalue weighted by Crippen LogP contribution is 2.27. The molecule has 0 fully saturated rings. The Labute approximate surface area is 192 Å². The van der Waals surface area contributed by atoms with Crippen molar-refractivity contribution < 1.29 is 17.9 Å². The zero-order valence-corrected chi connectivity index (χ0v) is 20.1. The largest absolute Gasteiger partial charge is 0.497 e. The fourth-order valence-electron chi connectivity index (χ4n) is 2.97. The Bertz CT molecular complexity index is 1190. The van der Waals surface area contributed by atoms with Crippen LogP contribution in [0.4, 0.5) is 10.8 Å². The molecule has 0 saturated carbocycles. The van der Waals surface area contributed by atoms with Gasteiger partial charge in [-0.05, 0) is 67.8 Å².